The standard InChI is InChI=1S/C16H15N3O2S/c1-18(2)13(20)8-19-10-17-15-14(16(19)21)12(9-22-15)11-6-4-3-5-7-11/h3-7,9-10H,8H2,1-2H3. The molecule has 0 N–H and O–H groups in total. The van der Waals surface area contributed by atoms with Crippen molar-refractivity contribution < 1.29 is 4.79 Å². The molecule has 0 unspecified atom stereocenters. The second kappa shape index (κ2) is 5.73. The van der Waals surface area contributed by atoms with Crippen LogP contribution >= 0.6 is 11.3 Å². The molecule has 22 heavy (non-hydrogen) atoms. The van der Waals surface area contributed by atoms with E-state index in [0.29, 0.717) is 10.2 Å². The molecule has 0 bridgehead atoms. The number of likely N-dealkylation sites (N-methyl/N-ethyl adjacent to an activating group) is 1. The number of fused-ring (bicyclic) bond motifs is 1. The maximum absolute atomic E-state index is 12.7. The van der Waals surface area contributed by atoms with Gasteiger partial charge in [0.05, 0.1) is 11.7 Å². The number of thiophene rings is 1. The summed E-state index contributed by atoms with van der Waals surface area (Å²) in [5, 5.41) is 2.51. The van der Waals surface area contributed by atoms with Crippen molar-refractivity contribution >= 4 is 27.5 Å². The van der Waals surface area contributed by atoms with Gasteiger partial charge in [-0.25, -0.2) is 4.98 Å². The van der Waals surface area contributed by atoms with E-state index in [2.05, 4.69) is 4.98 Å². The number of hydrogen-bond acceptors (Lipinski definition) is 4. The van der Waals surface area contributed by atoms with Crippen molar-refractivity contribution in [3.8, 4) is 11.1 Å². The maximum atomic E-state index is 12.7. The second-order valence-corrected chi connectivity index (χ2v) is 6.02. The van der Waals surface area contributed by atoms with Gasteiger partial charge in [-0.2, -0.15) is 0 Å². The molecule has 0 atom stereocenters. The number of nitrogens with zero attached hydrogens (tertiary/aromatic N) is 3. The number of rotatable bonds is 3. The van der Waals surface area contributed by atoms with Crippen LogP contribution in [0.4, 0.5) is 0 Å². The Morgan fingerprint density at radius 2 is 2.00 bits per heavy atom. The van der Waals surface area contributed by atoms with Gasteiger partial charge >= 0.3 is 0 Å². The van der Waals surface area contributed by atoms with Crippen LogP contribution in [-0.2, 0) is 11.3 Å². The molecule has 2 aromatic heterocycles. The summed E-state index contributed by atoms with van der Waals surface area (Å²) < 4.78 is 1.36. The fourth-order valence-electron chi connectivity index (χ4n) is 2.20. The lowest BCUT2D eigenvalue weighted by Crippen LogP contribution is -2.31. The predicted molar refractivity (Wildman–Crippen MR) is 88.0 cm³/mol. The third kappa shape index (κ3) is 2.53. The van der Waals surface area contributed by atoms with Gasteiger partial charge in [0.15, 0.2) is 0 Å². The average Bonchev–Trinajstić information content (AvgIpc) is 2.95. The summed E-state index contributed by atoms with van der Waals surface area (Å²) in [7, 11) is 3.33. The Balaban J connectivity index is 2.14. The van der Waals surface area contributed by atoms with Crippen LogP contribution in [0.1, 0.15) is 0 Å². The number of hydrogen-bond donors (Lipinski definition) is 0. The Morgan fingerprint density at radius 3 is 2.68 bits per heavy atom. The zero-order valence-electron chi connectivity index (χ0n) is 12.3. The third-order valence-corrected chi connectivity index (χ3v) is 4.34. The van der Waals surface area contributed by atoms with Crippen LogP contribution in [0.15, 0.2) is 46.8 Å². The summed E-state index contributed by atoms with van der Waals surface area (Å²) >= 11 is 1.44. The predicted octanol–water partition coefficient (Wildman–Crippen LogP) is 2.21. The molecule has 1 aromatic carbocycles. The van der Waals surface area contributed by atoms with Crippen molar-refractivity contribution in [2.45, 2.75) is 6.54 Å². The lowest BCUT2D eigenvalue weighted by Gasteiger charge is -2.11. The number of amides is 1. The normalized spacial score (nSPS) is 10.8. The second-order valence-electron chi connectivity index (χ2n) is 5.16. The van der Waals surface area contributed by atoms with Crippen LogP contribution in [0.3, 0.4) is 0 Å². The molecule has 1 amide bonds. The Bertz CT molecular complexity index is 881. The molecule has 0 saturated carbocycles. The number of carbonyl (C=O) groups excluding carboxylic acids is 1. The molecule has 3 rings (SSSR count). The molecule has 0 aliphatic carbocycles. The highest BCUT2D eigenvalue weighted by Crippen LogP contribution is 2.30. The van der Waals surface area contributed by atoms with Gasteiger partial charge in [0.2, 0.25) is 5.91 Å². The van der Waals surface area contributed by atoms with Crippen LogP contribution < -0.4 is 5.56 Å². The molecule has 5 nitrogen and oxygen atoms in total. The van der Waals surface area contributed by atoms with Crippen molar-refractivity contribution in [2.75, 3.05) is 14.1 Å². The molecule has 6 heteroatoms. The van der Waals surface area contributed by atoms with E-state index in [1.165, 1.54) is 27.1 Å². The Morgan fingerprint density at radius 1 is 1.27 bits per heavy atom. The van der Waals surface area contributed by atoms with Gasteiger partial charge in [0, 0.05) is 25.0 Å². The van der Waals surface area contributed by atoms with Gasteiger partial charge in [0.25, 0.3) is 5.56 Å². The first-order valence-electron chi connectivity index (χ1n) is 6.80. The van der Waals surface area contributed by atoms with Gasteiger partial charge in [0.1, 0.15) is 11.4 Å². The first-order chi connectivity index (χ1) is 10.6. The van der Waals surface area contributed by atoms with Crippen molar-refractivity contribution in [3.05, 3.63) is 52.4 Å². The monoisotopic (exact) mass is 313 g/mol. The van der Waals surface area contributed by atoms with Crippen LogP contribution in [0, 0.1) is 0 Å². The van der Waals surface area contributed by atoms with E-state index in [1.807, 2.05) is 35.7 Å². The van der Waals surface area contributed by atoms with Crippen LogP contribution in [0.2, 0.25) is 0 Å². The molecule has 0 spiro atoms. The highest BCUT2D eigenvalue weighted by Gasteiger charge is 2.14. The fourth-order valence-corrected chi connectivity index (χ4v) is 3.10. The van der Waals surface area contributed by atoms with Gasteiger partial charge in [-0.3, -0.25) is 14.2 Å². The molecule has 2 heterocycles. The first kappa shape index (κ1) is 14.5. The Kier molecular flexibility index (Phi) is 3.77. The third-order valence-electron chi connectivity index (χ3n) is 3.45. The molecule has 0 aliphatic rings. The molecule has 0 fully saturated rings. The van der Waals surface area contributed by atoms with Gasteiger partial charge in [-0.15, -0.1) is 11.3 Å². The molecular formula is C16H15N3O2S. The number of aromatic nitrogens is 2. The van der Waals surface area contributed by atoms with E-state index in [0.717, 1.165) is 11.1 Å². The van der Waals surface area contributed by atoms with Crippen molar-refractivity contribution in [2.24, 2.45) is 0 Å². The van der Waals surface area contributed by atoms with E-state index >= 15 is 0 Å². The van der Waals surface area contributed by atoms with Crippen molar-refractivity contribution in [1.82, 2.24) is 14.5 Å². The minimum atomic E-state index is -0.180. The highest BCUT2D eigenvalue weighted by molar-refractivity contribution is 7.17. The smallest absolute Gasteiger partial charge is 0.263 e. The summed E-state index contributed by atoms with van der Waals surface area (Å²) in [5.41, 5.74) is 1.66. The van der Waals surface area contributed by atoms with Gasteiger partial charge < -0.3 is 4.90 Å². The van der Waals surface area contributed by atoms with Gasteiger partial charge in [-0.1, -0.05) is 30.3 Å². The lowest BCUT2D eigenvalue weighted by atomic mass is 10.1. The lowest BCUT2D eigenvalue weighted by molar-refractivity contribution is -0.129. The summed E-state index contributed by atoms with van der Waals surface area (Å²) in [6.07, 6.45) is 1.44. The zero-order valence-corrected chi connectivity index (χ0v) is 13.1. The molecule has 0 saturated heterocycles. The topological polar surface area (TPSA) is 55.2 Å². The SMILES string of the molecule is CN(C)C(=O)Cn1cnc2scc(-c3ccccc3)c2c1=O. The van der Waals surface area contributed by atoms with Crippen LogP contribution in [0.25, 0.3) is 21.3 Å². The Labute approximate surface area is 131 Å². The van der Waals surface area contributed by atoms with E-state index in [9.17, 15) is 9.59 Å². The summed E-state index contributed by atoms with van der Waals surface area (Å²) in [6, 6.07) is 9.73. The first-order valence-corrected chi connectivity index (χ1v) is 7.68. The van der Waals surface area contributed by atoms with E-state index in [-0.39, 0.29) is 18.0 Å². The van der Waals surface area contributed by atoms with E-state index < -0.39 is 0 Å². The Hall–Kier alpha value is -2.47. The van der Waals surface area contributed by atoms with E-state index in [4.69, 9.17) is 0 Å². The van der Waals surface area contributed by atoms with Crippen LogP contribution in [0.5, 0.6) is 0 Å². The molecule has 0 radical (unpaired) electrons. The summed E-state index contributed by atoms with van der Waals surface area (Å²) in [6.45, 7) is -0.00114. The largest absolute Gasteiger partial charge is 0.347 e. The molecular weight excluding hydrogens is 298 g/mol. The highest BCUT2D eigenvalue weighted by atomic mass is 32.1. The number of benzene rings is 1. The molecule has 112 valence electrons. The summed E-state index contributed by atoms with van der Waals surface area (Å²) in [4.78, 5) is 31.0. The molecule has 0 aliphatic heterocycles. The summed E-state index contributed by atoms with van der Waals surface area (Å²) in [5.74, 6) is -0.139. The van der Waals surface area contributed by atoms with Gasteiger partial charge in [-0.05, 0) is 5.56 Å². The quantitative estimate of drug-likeness (QED) is 0.745. The van der Waals surface area contributed by atoms with E-state index in [1.54, 1.807) is 14.1 Å². The van der Waals surface area contributed by atoms with Crippen LogP contribution in [-0.4, -0.2) is 34.5 Å². The fraction of sp³-hybridized carbons (Fsp3) is 0.188. The zero-order chi connectivity index (χ0) is 15.7. The average molecular weight is 313 g/mol. The minimum Gasteiger partial charge on any atom is -0.347 e. The maximum Gasteiger partial charge on any atom is 0.263 e. The minimum absolute atomic E-state index is 0.00114. The number of carbonyl (C=O) groups is 1. The van der Waals surface area contributed by atoms with Crippen molar-refractivity contribution in [1.29, 1.82) is 0 Å². The molecule has 3 aromatic rings. The van der Waals surface area contributed by atoms with Crippen molar-refractivity contribution in [3.63, 3.8) is 0 Å².